The summed E-state index contributed by atoms with van der Waals surface area (Å²) < 4.78 is 5.65. The van der Waals surface area contributed by atoms with Crippen LogP contribution >= 0.6 is 0 Å². The molecule has 2 aromatic rings. The number of benzene rings is 2. The van der Waals surface area contributed by atoms with Crippen molar-refractivity contribution >= 4 is 17.3 Å². The van der Waals surface area contributed by atoms with Crippen molar-refractivity contribution in [1.29, 1.82) is 0 Å². The van der Waals surface area contributed by atoms with E-state index in [2.05, 4.69) is 19.2 Å². The van der Waals surface area contributed by atoms with E-state index in [1.807, 2.05) is 29.2 Å². The third kappa shape index (κ3) is 5.47. The Bertz CT molecular complexity index is 859. The fourth-order valence-electron chi connectivity index (χ4n) is 3.29. The fraction of sp³-hybridized carbons (Fsp3) is 0.409. The van der Waals surface area contributed by atoms with E-state index in [1.54, 1.807) is 12.1 Å². The lowest BCUT2D eigenvalue weighted by Gasteiger charge is -2.17. The van der Waals surface area contributed by atoms with Crippen molar-refractivity contribution in [2.75, 3.05) is 24.6 Å². The van der Waals surface area contributed by atoms with E-state index in [1.165, 1.54) is 6.07 Å². The zero-order valence-corrected chi connectivity index (χ0v) is 16.9. The van der Waals surface area contributed by atoms with Crippen LogP contribution in [0, 0.1) is 16.0 Å². The van der Waals surface area contributed by atoms with Crippen LogP contribution < -0.4 is 15.0 Å². The van der Waals surface area contributed by atoms with Crippen molar-refractivity contribution in [3.8, 4) is 5.75 Å². The van der Waals surface area contributed by atoms with Crippen LogP contribution in [0.25, 0.3) is 0 Å². The largest absolute Gasteiger partial charge is 0.493 e. The first-order valence-electron chi connectivity index (χ1n) is 9.97. The molecule has 1 heterocycles. The van der Waals surface area contributed by atoms with Gasteiger partial charge in [-0.3, -0.25) is 14.9 Å². The minimum Gasteiger partial charge on any atom is -0.493 e. The topological polar surface area (TPSA) is 84.7 Å². The lowest BCUT2D eigenvalue weighted by Crippen LogP contribution is -2.23. The lowest BCUT2D eigenvalue weighted by atomic mass is 10.1. The third-order valence-corrected chi connectivity index (χ3v) is 4.84. The summed E-state index contributed by atoms with van der Waals surface area (Å²) in [5.41, 5.74) is 1.78. The number of rotatable bonds is 8. The van der Waals surface area contributed by atoms with Gasteiger partial charge in [-0.15, -0.1) is 0 Å². The van der Waals surface area contributed by atoms with Gasteiger partial charge in [-0.25, -0.2) is 0 Å². The molecule has 0 aliphatic carbocycles. The summed E-state index contributed by atoms with van der Waals surface area (Å²) in [6.45, 7) is 6.79. The average Bonchev–Trinajstić information content (AvgIpc) is 3.25. The second kappa shape index (κ2) is 9.41. The van der Waals surface area contributed by atoms with Gasteiger partial charge < -0.3 is 15.0 Å². The highest BCUT2D eigenvalue weighted by Gasteiger charge is 2.23. The van der Waals surface area contributed by atoms with Gasteiger partial charge in [-0.1, -0.05) is 26.0 Å². The molecule has 1 aliphatic heterocycles. The van der Waals surface area contributed by atoms with Gasteiger partial charge in [0.1, 0.15) is 11.4 Å². The quantitative estimate of drug-likeness (QED) is 0.534. The highest BCUT2D eigenvalue weighted by atomic mass is 16.6. The highest BCUT2D eigenvalue weighted by molar-refractivity contribution is 5.95. The molecule has 1 aliphatic rings. The monoisotopic (exact) mass is 397 g/mol. The Hall–Kier alpha value is -3.09. The normalized spacial score (nSPS) is 13.6. The fourth-order valence-corrected chi connectivity index (χ4v) is 3.29. The number of nitrogens with zero attached hydrogens (tertiary/aromatic N) is 2. The second-order valence-corrected chi connectivity index (χ2v) is 7.69. The number of nitrogens with one attached hydrogen (secondary N) is 1. The van der Waals surface area contributed by atoms with Gasteiger partial charge in [-0.05, 0) is 48.6 Å². The number of nitro benzene ring substituents is 1. The number of nitro groups is 1. The first kappa shape index (κ1) is 20.6. The molecule has 29 heavy (non-hydrogen) atoms. The van der Waals surface area contributed by atoms with Crippen molar-refractivity contribution in [2.24, 2.45) is 5.92 Å². The standard InChI is InChI=1S/C22H27N3O4/c1-16(2)15-29-19-8-5-17(6-9-19)14-23-22(26)18-7-10-20(21(13-18)25(27)28)24-11-3-4-12-24/h5-10,13,16H,3-4,11-12,14-15H2,1-2H3,(H,23,26). The van der Waals surface area contributed by atoms with Crippen molar-refractivity contribution < 1.29 is 14.5 Å². The summed E-state index contributed by atoms with van der Waals surface area (Å²) in [5, 5.41) is 14.3. The minimum atomic E-state index is -0.416. The van der Waals surface area contributed by atoms with Gasteiger partial charge in [0.05, 0.1) is 11.5 Å². The van der Waals surface area contributed by atoms with E-state index in [-0.39, 0.29) is 17.2 Å². The van der Waals surface area contributed by atoms with Gasteiger partial charge in [0.15, 0.2) is 0 Å². The number of hydrogen-bond acceptors (Lipinski definition) is 5. The van der Waals surface area contributed by atoms with Gasteiger partial charge >= 0.3 is 0 Å². The number of ether oxygens (including phenoxy) is 1. The molecule has 1 fully saturated rings. The SMILES string of the molecule is CC(C)COc1ccc(CNC(=O)c2ccc(N3CCCC3)c([N+](=O)[O-])c2)cc1. The zero-order valence-electron chi connectivity index (χ0n) is 16.9. The lowest BCUT2D eigenvalue weighted by molar-refractivity contribution is -0.384. The molecule has 3 rings (SSSR count). The molecule has 7 nitrogen and oxygen atoms in total. The second-order valence-electron chi connectivity index (χ2n) is 7.69. The zero-order chi connectivity index (χ0) is 20.8. The first-order chi connectivity index (χ1) is 13.9. The molecule has 7 heteroatoms. The molecule has 2 aromatic carbocycles. The third-order valence-electron chi connectivity index (χ3n) is 4.84. The molecule has 1 N–H and O–H groups in total. The summed E-state index contributed by atoms with van der Waals surface area (Å²) in [4.78, 5) is 25.6. The van der Waals surface area contributed by atoms with Crippen LogP contribution in [0.3, 0.4) is 0 Å². The van der Waals surface area contributed by atoms with Crippen molar-refractivity contribution in [3.63, 3.8) is 0 Å². The van der Waals surface area contributed by atoms with E-state index < -0.39 is 4.92 Å². The summed E-state index contributed by atoms with van der Waals surface area (Å²) >= 11 is 0. The molecule has 0 unspecified atom stereocenters. The molecule has 0 bridgehead atoms. The van der Waals surface area contributed by atoms with Gasteiger partial charge in [0, 0.05) is 31.3 Å². The van der Waals surface area contributed by atoms with Crippen LogP contribution in [-0.2, 0) is 6.54 Å². The predicted octanol–water partition coefficient (Wildman–Crippen LogP) is 4.16. The molecule has 154 valence electrons. The number of anilines is 1. The average molecular weight is 397 g/mol. The summed E-state index contributed by atoms with van der Waals surface area (Å²) in [5.74, 6) is 0.915. The van der Waals surface area contributed by atoms with E-state index >= 15 is 0 Å². The van der Waals surface area contributed by atoms with Crippen LogP contribution in [0.2, 0.25) is 0 Å². The summed E-state index contributed by atoms with van der Waals surface area (Å²) in [7, 11) is 0. The van der Waals surface area contributed by atoms with Crippen molar-refractivity contribution in [3.05, 3.63) is 63.7 Å². The Morgan fingerprint density at radius 3 is 2.48 bits per heavy atom. The van der Waals surface area contributed by atoms with Crippen molar-refractivity contribution in [1.82, 2.24) is 5.32 Å². The van der Waals surface area contributed by atoms with Gasteiger partial charge in [-0.2, -0.15) is 0 Å². The van der Waals surface area contributed by atoms with Crippen molar-refractivity contribution in [2.45, 2.75) is 33.2 Å². The Kier molecular flexibility index (Phi) is 6.69. The van der Waals surface area contributed by atoms with Gasteiger partial charge in [0.25, 0.3) is 11.6 Å². The number of carbonyl (C=O) groups excluding carboxylic acids is 1. The number of carbonyl (C=O) groups is 1. The predicted molar refractivity (Wildman–Crippen MR) is 112 cm³/mol. The molecular weight excluding hydrogens is 370 g/mol. The molecule has 0 radical (unpaired) electrons. The van der Waals surface area contributed by atoms with Crippen LogP contribution in [-0.4, -0.2) is 30.5 Å². The highest BCUT2D eigenvalue weighted by Crippen LogP contribution is 2.31. The van der Waals surface area contributed by atoms with Crippen LogP contribution in [0.15, 0.2) is 42.5 Å². The Morgan fingerprint density at radius 2 is 1.86 bits per heavy atom. The van der Waals surface area contributed by atoms with E-state index in [0.717, 1.165) is 37.2 Å². The maximum Gasteiger partial charge on any atom is 0.293 e. The molecule has 1 amide bonds. The Balaban J connectivity index is 1.63. The van der Waals surface area contributed by atoms with Gasteiger partial charge in [0.2, 0.25) is 0 Å². The van der Waals surface area contributed by atoms with E-state index in [9.17, 15) is 14.9 Å². The maximum absolute atomic E-state index is 12.5. The molecule has 0 saturated carbocycles. The van der Waals surface area contributed by atoms with E-state index in [0.29, 0.717) is 24.8 Å². The van der Waals surface area contributed by atoms with Crippen LogP contribution in [0.5, 0.6) is 5.75 Å². The first-order valence-corrected chi connectivity index (χ1v) is 9.97. The van der Waals surface area contributed by atoms with E-state index in [4.69, 9.17) is 4.74 Å². The number of amides is 1. The minimum absolute atomic E-state index is 0.0220. The Labute approximate surface area is 170 Å². The smallest absolute Gasteiger partial charge is 0.293 e. The molecular formula is C22H27N3O4. The number of hydrogen-bond donors (Lipinski definition) is 1. The molecule has 0 atom stereocenters. The molecule has 1 saturated heterocycles. The molecule has 0 spiro atoms. The summed E-state index contributed by atoms with van der Waals surface area (Å²) in [6, 6.07) is 12.2. The van der Waals surface area contributed by atoms with Crippen LogP contribution in [0.1, 0.15) is 42.6 Å². The Morgan fingerprint density at radius 1 is 1.17 bits per heavy atom. The summed E-state index contributed by atoms with van der Waals surface area (Å²) in [6.07, 6.45) is 2.06. The maximum atomic E-state index is 12.5. The molecule has 0 aromatic heterocycles. The van der Waals surface area contributed by atoms with Crippen LogP contribution in [0.4, 0.5) is 11.4 Å².